The molecule has 0 amide bonds. The van der Waals surface area contributed by atoms with Crippen molar-refractivity contribution in [1.29, 1.82) is 0 Å². The Morgan fingerprint density at radius 3 is 2.50 bits per heavy atom. The van der Waals surface area contributed by atoms with E-state index in [4.69, 9.17) is 4.99 Å². The second-order valence-corrected chi connectivity index (χ2v) is 7.25. The van der Waals surface area contributed by atoms with Crippen LogP contribution in [0.25, 0.3) is 0 Å². The summed E-state index contributed by atoms with van der Waals surface area (Å²) in [5.74, 6) is 1.33. The number of aliphatic imine (C=N–C) groups is 1. The molecule has 1 aromatic rings. The Hall–Kier alpha value is -1.31. The van der Waals surface area contributed by atoms with Crippen LogP contribution in [-0.4, -0.2) is 11.3 Å². The predicted octanol–water partition coefficient (Wildman–Crippen LogP) is 5.43. The molecule has 0 saturated heterocycles. The third-order valence-electron chi connectivity index (χ3n) is 3.72. The first-order chi connectivity index (χ1) is 9.38. The molecule has 1 N–H and O–H groups in total. The van der Waals surface area contributed by atoms with Crippen LogP contribution >= 0.6 is 0 Å². The molecule has 0 aliphatic carbocycles. The molecule has 2 rings (SSSR count). The lowest BCUT2D eigenvalue weighted by Crippen LogP contribution is -2.38. The van der Waals surface area contributed by atoms with Gasteiger partial charge in [0.2, 0.25) is 0 Å². The van der Waals surface area contributed by atoms with E-state index in [9.17, 15) is 0 Å². The Labute approximate surface area is 123 Å². The van der Waals surface area contributed by atoms with E-state index in [1.165, 1.54) is 17.8 Å². The van der Waals surface area contributed by atoms with Gasteiger partial charge < -0.3 is 5.32 Å². The van der Waals surface area contributed by atoms with Crippen molar-refractivity contribution >= 4 is 17.1 Å². The highest BCUT2D eigenvalue weighted by atomic mass is 15.0. The molecule has 0 saturated carbocycles. The molecular weight excluding hydrogens is 244 g/mol. The lowest BCUT2D eigenvalue weighted by atomic mass is 9.84. The van der Waals surface area contributed by atoms with Crippen molar-refractivity contribution in [2.75, 3.05) is 5.32 Å². The van der Waals surface area contributed by atoms with Crippen molar-refractivity contribution in [2.24, 2.45) is 16.8 Å². The normalized spacial score (nSPS) is 22.2. The number of rotatable bonds is 4. The molecule has 2 heteroatoms. The van der Waals surface area contributed by atoms with Gasteiger partial charge in [-0.1, -0.05) is 39.8 Å². The molecule has 1 atom stereocenters. The van der Waals surface area contributed by atoms with E-state index in [-0.39, 0.29) is 5.54 Å². The van der Waals surface area contributed by atoms with Gasteiger partial charge in [-0.2, -0.15) is 0 Å². The summed E-state index contributed by atoms with van der Waals surface area (Å²) in [5, 5.41) is 3.76. The van der Waals surface area contributed by atoms with E-state index in [0.29, 0.717) is 11.8 Å². The number of nitrogens with one attached hydrogen (secondary N) is 1. The van der Waals surface area contributed by atoms with Gasteiger partial charge in [0.15, 0.2) is 0 Å². The summed E-state index contributed by atoms with van der Waals surface area (Å²) in [4.78, 5) is 4.94. The standard InChI is InChI=1S/C18H28N2/c1-13(2)10-15-12-18(5,11-14(3)4)20-17-9-7-6-8-16(17)19-15/h6-9,13-14,20H,10-12H2,1-5H3. The minimum absolute atomic E-state index is 0.106. The number of fused-ring (bicyclic) bond motifs is 1. The highest BCUT2D eigenvalue weighted by molar-refractivity contribution is 5.91. The van der Waals surface area contributed by atoms with Crippen LogP contribution in [0, 0.1) is 11.8 Å². The number of para-hydroxylation sites is 2. The summed E-state index contributed by atoms with van der Waals surface area (Å²) in [5.41, 5.74) is 3.71. The Balaban J connectivity index is 2.36. The van der Waals surface area contributed by atoms with Crippen LogP contribution in [0.1, 0.15) is 53.9 Å². The summed E-state index contributed by atoms with van der Waals surface area (Å²) in [6.45, 7) is 11.5. The molecule has 1 heterocycles. The Bertz CT molecular complexity index is 488. The molecular formula is C18H28N2. The lowest BCUT2D eigenvalue weighted by molar-refractivity contribution is 0.408. The predicted molar refractivity (Wildman–Crippen MR) is 89.1 cm³/mol. The molecule has 2 nitrogen and oxygen atoms in total. The number of hydrogen-bond donors (Lipinski definition) is 1. The van der Waals surface area contributed by atoms with E-state index in [2.05, 4.69) is 64.2 Å². The van der Waals surface area contributed by atoms with Gasteiger partial charge >= 0.3 is 0 Å². The van der Waals surface area contributed by atoms with Gasteiger partial charge in [-0.15, -0.1) is 0 Å². The minimum Gasteiger partial charge on any atom is -0.378 e. The summed E-state index contributed by atoms with van der Waals surface area (Å²) < 4.78 is 0. The van der Waals surface area contributed by atoms with Gasteiger partial charge in [0.05, 0.1) is 11.4 Å². The zero-order chi connectivity index (χ0) is 14.8. The summed E-state index contributed by atoms with van der Waals surface area (Å²) in [6.07, 6.45) is 3.29. The summed E-state index contributed by atoms with van der Waals surface area (Å²) >= 11 is 0. The average Bonchev–Trinajstić information content (AvgIpc) is 2.41. The van der Waals surface area contributed by atoms with Crippen molar-refractivity contribution < 1.29 is 0 Å². The van der Waals surface area contributed by atoms with Crippen LogP contribution in [0.3, 0.4) is 0 Å². The molecule has 20 heavy (non-hydrogen) atoms. The van der Waals surface area contributed by atoms with Crippen LogP contribution in [-0.2, 0) is 0 Å². The van der Waals surface area contributed by atoms with Gasteiger partial charge in [0.1, 0.15) is 0 Å². The molecule has 1 unspecified atom stereocenters. The van der Waals surface area contributed by atoms with Crippen LogP contribution in [0.5, 0.6) is 0 Å². The number of anilines is 1. The maximum Gasteiger partial charge on any atom is 0.0860 e. The van der Waals surface area contributed by atoms with Gasteiger partial charge in [0, 0.05) is 17.7 Å². The minimum atomic E-state index is 0.106. The van der Waals surface area contributed by atoms with Crippen molar-refractivity contribution in [3.8, 4) is 0 Å². The third kappa shape index (κ3) is 3.84. The molecule has 1 aromatic carbocycles. The van der Waals surface area contributed by atoms with E-state index in [1.807, 2.05) is 0 Å². The van der Waals surface area contributed by atoms with E-state index < -0.39 is 0 Å². The van der Waals surface area contributed by atoms with Crippen LogP contribution in [0.4, 0.5) is 11.4 Å². The quantitative estimate of drug-likeness (QED) is 0.777. The Kier molecular flexibility index (Phi) is 4.52. The smallest absolute Gasteiger partial charge is 0.0860 e. The van der Waals surface area contributed by atoms with Crippen molar-refractivity contribution in [2.45, 2.75) is 59.4 Å². The largest absolute Gasteiger partial charge is 0.378 e. The monoisotopic (exact) mass is 272 g/mol. The first kappa shape index (κ1) is 15.1. The third-order valence-corrected chi connectivity index (χ3v) is 3.72. The fraction of sp³-hybridized carbons (Fsp3) is 0.611. The molecule has 0 aromatic heterocycles. The second kappa shape index (κ2) is 5.99. The molecule has 0 radical (unpaired) electrons. The van der Waals surface area contributed by atoms with E-state index in [0.717, 1.165) is 18.5 Å². The molecule has 0 spiro atoms. The first-order valence-electron chi connectivity index (χ1n) is 7.81. The highest BCUT2D eigenvalue weighted by Crippen LogP contribution is 2.36. The van der Waals surface area contributed by atoms with Crippen molar-refractivity contribution in [1.82, 2.24) is 0 Å². The molecule has 0 bridgehead atoms. The second-order valence-electron chi connectivity index (χ2n) is 7.25. The van der Waals surface area contributed by atoms with Crippen LogP contribution in [0.2, 0.25) is 0 Å². The van der Waals surface area contributed by atoms with Crippen LogP contribution in [0.15, 0.2) is 29.3 Å². The summed E-state index contributed by atoms with van der Waals surface area (Å²) in [7, 11) is 0. The molecule has 0 fully saturated rings. The fourth-order valence-corrected chi connectivity index (χ4v) is 3.32. The average molecular weight is 272 g/mol. The SMILES string of the molecule is CC(C)CC1=Nc2ccccc2NC(C)(CC(C)C)C1. The zero-order valence-corrected chi connectivity index (χ0v) is 13.5. The Morgan fingerprint density at radius 1 is 1.15 bits per heavy atom. The molecule has 1 aliphatic heterocycles. The number of hydrogen-bond acceptors (Lipinski definition) is 2. The van der Waals surface area contributed by atoms with E-state index in [1.54, 1.807) is 0 Å². The van der Waals surface area contributed by atoms with Crippen molar-refractivity contribution in [3.05, 3.63) is 24.3 Å². The number of nitrogens with zero attached hydrogens (tertiary/aromatic N) is 1. The maximum absolute atomic E-state index is 4.94. The van der Waals surface area contributed by atoms with Gasteiger partial charge in [-0.3, -0.25) is 4.99 Å². The first-order valence-corrected chi connectivity index (χ1v) is 7.81. The van der Waals surface area contributed by atoms with Crippen LogP contribution < -0.4 is 5.32 Å². The highest BCUT2D eigenvalue weighted by Gasteiger charge is 2.30. The number of benzene rings is 1. The summed E-state index contributed by atoms with van der Waals surface area (Å²) in [6, 6.07) is 8.42. The van der Waals surface area contributed by atoms with Crippen molar-refractivity contribution in [3.63, 3.8) is 0 Å². The maximum atomic E-state index is 4.94. The lowest BCUT2D eigenvalue weighted by Gasteiger charge is -2.33. The molecule has 110 valence electrons. The topological polar surface area (TPSA) is 24.4 Å². The zero-order valence-electron chi connectivity index (χ0n) is 13.5. The van der Waals surface area contributed by atoms with Gasteiger partial charge in [-0.05, 0) is 43.7 Å². The fourth-order valence-electron chi connectivity index (χ4n) is 3.32. The van der Waals surface area contributed by atoms with E-state index >= 15 is 0 Å². The molecule has 1 aliphatic rings. The Morgan fingerprint density at radius 2 is 1.85 bits per heavy atom. The van der Waals surface area contributed by atoms with Gasteiger partial charge in [0.25, 0.3) is 0 Å². The van der Waals surface area contributed by atoms with Gasteiger partial charge in [-0.25, -0.2) is 0 Å².